The fourth-order valence-corrected chi connectivity index (χ4v) is 4.89. The van der Waals surface area contributed by atoms with E-state index in [-0.39, 0.29) is 5.56 Å². The lowest BCUT2D eigenvalue weighted by Gasteiger charge is -2.13. The first kappa shape index (κ1) is 20.0. The van der Waals surface area contributed by atoms with Crippen LogP contribution in [0.1, 0.15) is 0 Å². The number of hydrogen-bond donors (Lipinski definition) is 0. The van der Waals surface area contributed by atoms with Gasteiger partial charge in [0, 0.05) is 34.3 Å². The summed E-state index contributed by atoms with van der Waals surface area (Å²) in [6.07, 6.45) is 0. The molecule has 6 nitrogen and oxygen atoms in total. The van der Waals surface area contributed by atoms with Crippen LogP contribution in [0.2, 0.25) is 0 Å². The van der Waals surface area contributed by atoms with Gasteiger partial charge in [-0.3, -0.25) is 9.36 Å². The first-order chi connectivity index (χ1) is 14.9. The number of halogens is 2. The van der Waals surface area contributed by atoms with Gasteiger partial charge in [-0.2, -0.15) is 4.52 Å². The summed E-state index contributed by atoms with van der Waals surface area (Å²) in [5.74, 6) is 1.10. The summed E-state index contributed by atoms with van der Waals surface area (Å²) in [6.45, 7) is 0. The molecule has 0 unspecified atom stereocenters. The third-order valence-corrected chi connectivity index (χ3v) is 6.18. The van der Waals surface area contributed by atoms with Gasteiger partial charge in [-0.25, -0.2) is 4.98 Å². The fraction of sp³-hybridized carbons (Fsp3) is 0.0870. The zero-order valence-corrected chi connectivity index (χ0v) is 19.9. The van der Waals surface area contributed by atoms with E-state index in [4.69, 9.17) is 10.1 Å². The lowest BCUT2D eigenvalue weighted by Crippen LogP contribution is -2.16. The molecular formula is C23H17Br2N5O. The Morgan fingerprint density at radius 1 is 0.935 bits per heavy atom. The highest BCUT2D eigenvalue weighted by Crippen LogP contribution is 2.29. The number of para-hydroxylation sites is 1. The summed E-state index contributed by atoms with van der Waals surface area (Å²) in [6, 6.07) is 21.6. The predicted octanol–water partition coefficient (Wildman–Crippen LogP) is 5.29. The van der Waals surface area contributed by atoms with E-state index in [1.165, 1.54) is 4.52 Å². The molecule has 0 spiro atoms. The van der Waals surface area contributed by atoms with Crippen LogP contribution < -0.4 is 10.5 Å². The lowest BCUT2D eigenvalue weighted by molar-refractivity contribution is 0.917. The molecular weight excluding hydrogens is 522 g/mol. The maximum atomic E-state index is 13.4. The molecule has 0 bridgehead atoms. The van der Waals surface area contributed by atoms with Crippen molar-refractivity contribution < 1.29 is 0 Å². The monoisotopic (exact) mass is 537 g/mol. The van der Waals surface area contributed by atoms with E-state index in [1.807, 2.05) is 84.2 Å². The van der Waals surface area contributed by atoms with Gasteiger partial charge in [-0.15, -0.1) is 5.10 Å². The summed E-state index contributed by atoms with van der Waals surface area (Å²) in [5, 5.41) is 5.19. The van der Waals surface area contributed by atoms with Crippen LogP contribution in [-0.2, 0) is 0 Å². The van der Waals surface area contributed by atoms with Gasteiger partial charge in [0.1, 0.15) is 0 Å². The van der Waals surface area contributed by atoms with Crippen LogP contribution in [0.4, 0.5) is 5.69 Å². The molecule has 0 saturated heterocycles. The molecule has 5 rings (SSSR count). The Bertz CT molecular complexity index is 1490. The maximum absolute atomic E-state index is 13.4. The summed E-state index contributed by atoms with van der Waals surface area (Å²) in [4.78, 5) is 20.2. The molecule has 0 radical (unpaired) electrons. The number of aromatic nitrogens is 4. The second-order valence-electron chi connectivity index (χ2n) is 7.35. The van der Waals surface area contributed by atoms with Gasteiger partial charge in [-0.1, -0.05) is 34.1 Å². The summed E-state index contributed by atoms with van der Waals surface area (Å²) >= 11 is 7.00. The highest BCUT2D eigenvalue weighted by atomic mass is 79.9. The summed E-state index contributed by atoms with van der Waals surface area (Å²) in [5.41, 5.74) is 3.23. The van der Waals surface area contributed by atoms with E-state index in [9.17, 15) is 4.79 Å². The Kier molecular flexibility index (Phi) is 4.91. The van der Waals surface area contributed by atoms with Crippen molar-refractivity contribution in [2.75, 3.05) is 19.0 Å². The standard InChI is InChI=1S/C23H17Br2N5O/c1-28(2)16-10-8-14(9-11-16)21-27-30-22(31)18-12-15(24)13-19(25)20(18)26-23(30)29(21)17-6-4-3-5-7-17/h3-13H,1-2H3. The van der Waals surface area contributed by atoms with Crippen molar-refractivity contribution in [3.05, 3.63) is 86.0 Å². The molecule has 0 aliphatic rings. The molecule has 0 fully saturated rings. The molecule has 0 aliphatic carbocycles. The van der Waals surface area contributed by atoms with Gasteiger partial charge in [0.15, 0.2) is 5.82 Å². The van der Waals surface area contributed by atoms with Crippen LogP contribution in [0.5, 0.6) is 0 Å². The van der Waals surface area contributed by atoms with Crippen LogP contribution in [0.25, 0.3) is 33.8 Å². The maximum Gasteiger partial charge on any atom is 0.283 e. The predicted molar refractivity (Wildman–Crippen MR) is 131 cm³/mol. The first-order valence-corrected chi connectivity index (χ1v) is 11.2. The molecule has 154 valence electrons. The topological polar surface area (TPSA) is 55.4 Å². The molecule has 0 atom stereocenters. The minimum absolute atomic E-state index is 0.220. The second kappa shape index (κ2) is 7.62. The minimum Gasteiger partial charge on any atom is -0.378 e. The molecule has 3 aromatic carbocycles. The van der Waals surface area contributed by atoms with Gasteiger partial charge in [0.25, 0.3) is 5.56 Å². The second-order valence-corrected chi connectivity index (χ2v) is 9.12. The third kappa shape index (κ3) is 3.36. The van der Waals surface area contributed by atoms with Crippen molar-refractivity contribution >= 4 is 54.2 Å². The SMILES string of the molecule is CN(C)c1ccc(-c2nn3c(=O)c4cc(Br)cc(Br)c4nc3n2-c2ccccc2)cc1. The first-order valence-electron chi connectivity index (χ1n) is 9.58. The smallest absolute Gasteiger partial charge is 0.283 e. The number of anilines is 1. The van der Waals surface area contributed by atoms with Gasteiger partial charge in [0.05, 0.1) is 16.6 Å². The highest BCUT2D eigenvalue weighted by Gasteiger charge is 2.20. The Balaban J connectivity index is 1.89. The molecule has 0 N–H and O–H groups in total. The Labute approximate surface area is 195 Å². The molecule has 5 aromatic rings. The molecule has 2 heterocycles. The molecule has 2 aromatic heterocycles. The van der Waals surface area contributed by atoms with E-state index in [0.29, 0.717) is 22.5 Å². The number of benzene rings is 3. The summed E-state index contributed by atoms with van der Waals surface area (Å²) in [7, 11) is 4.00. The molecule has 0 saturated carbocycles. The van der Waals surface area contributed by atoms with Crippen LogP contribution in [-0.4, -0.2) is 33.3 Å². The van der Waals surface area contributed by atoms with Crippen LogP contribution >= 0.6 is 31.9 Å². The van der Waals surface area contributed by atoms with E-state index in [0.717, 1.165) is 25.9 Å². The Hall–Kier alpha value is -2.97. The van der Waals surface area contributed by atoms with Crippen molar-refractivity contribution in [3.8, 4) is 17.1 Å². The van der Waals surface area contributed by atoms with Crippen molar-refractivity contribution in [2.24, 2.45) is 0 Å². The third-order valence-electron chi connectivity index (χ3n) is 5.12. The van der Waals surface area contributed by atoms with E-state index >= 15 is 0 Å². The highest BCUT2D eigenvalue weighted by molar-refractivity contribution is 9.11. The van der Waals surface area contributed by atoms with Gasteiger partial charge >= 0.3 is 0 Å². The number of hydrogen-bond acceptors (Lipinski definition) is 4. The fourth-order valence-electron chi connectivity index (χ4n) is 3.57. The van der Waals surface area contributed by atoms with E-state index in [2.05, 4.69) is 31.9 Å². The Morgan fingerprint density at radius 3 is 2.32 bits per heavy atom. The van der Waals surface area contributed by atoms with Crippen molar-refractivity contribution in [2.45, 2.75) is 0 Å². The average molecular weight is 539 g/mol. The lowest BCUT2D eigenvalue weighted by atomic mass is 10.2. The zero-order chi connectivity index (χ0) is 21.7. The molecule has 31 heavy (non-hydrogen) atoms. The summed E-state index contributed by atoms with van der Waals surface area (Å²) < 4.78 is 4.84. The number of nitrogens with zero attached hydrogens (tertiary/aromatic N) is 5. The quantitative estimate of drug-likeness (QED) is 0.313. The average Bonchev–Trinajstić information content (AvgIpc) is 3.15. The van der Waals surface area contributed by atoms with Crippen LogP contribution in [0.3, 0.4) is 0 Å². The largest absolute Gasteiger partial charge is 0.378 e. The van der Waals surface area contributed by atoms with Crippen molar-refractivity contribution in [1.29, 1.82) is 0 Å². The van der Waals surface area contributed by atoms with E-state index < -0.39 is 0 Å². The van der Waals surface area contributed by atoms with Crippen LogP contribution in [0, 0.1) is 0 Å². The molecule has 0 aliphatic heterocycles. The van der Waals surface area contributed by atoms with E-state index in [1.54, 1.807) is 6.07 Å². The van der Waals surface area contributed by atoms with Gasteiger partial charge in [0.2, 0.25) is 5.78 Å². The van der Waals surface area contributed by atoms with Crippen molar-refractivity contribution in [1.82, 2.24) is 19.2 Å². The number of fused-ring (bicyclic) bond motifs is 2. The normalized spacial score (nSPS) is 11.4. The van der Waals surface area contributed by atoms with Gasteiger partial charge < -0.3 is 4.90 Å². The van der Waals surface area contributed by atoms with Crippen LogP contribution in [0.15, 0.2) is 80.5 Å². The minimum atomic E-state index is -0.220. The number of rotatable bonds is 3. The molecule has 8 heteroatoms. The molecule has 0 amide bonds. The Morgan fingerprint density at radius 2 is 1.65 bits per heavy atom. The van der Waals surface area contributed by atoms with Gasteiger partial charge in [-0.05, 0) is 64.5 Å². The van der Waals surface area contributed by atoms with Crippen molar-refractivity contribution in [3.63, 3.8) is 0 Å². The zero-order valence-electron chi connectivity index (χ0n) is 16.8.